The first-order valence-corrected chi connectivity index (χ1v) is 7.60. The Morgan fingerprint density at radius 2 is 1.43 bits per heavy atom. The van der Waals surface area contributed by atoms with Gasteiger partial charge in [-0.05, 0) is 44.6 Å². The molecule has 0 radical (unpaired) electrons. The number of alkyl halides is 3. The van der Waals surface area contributed by atoms with Crippen molar-refractivity contribution in [3.05, 3.63) is 0 Å². The van der Waals surface area contributed by atoms with Gasteiger partial charge in [0.1, 0.15) is 6.10 Å². The number of hydrogen-bond donors (Lipinski definition) is 3. The van der Waals surface area contributed by atoms with Crippen LogP contribution in [0.2, 0.25) is 0 Å². The quantitative estimate of drug-likeness (QED) is 0.731. The molecule has 0 aromatic carbocycles. The van der Waals surface area contributed by atoms with Gasteiger partial charge in [0, 0.05) is 13.1 Å². The standard InChI is InChI=1S/C14H24F3NO3/c15-14(16,17)10-3-1-9(2-4-10)5-6-18-7-11(19)13(21)12(20)8-18/h9-13,19-21H,1-8H2/t9-,10-,11-,12+,13+. The molecule has 0 amide bonds. The maximum atomic E-state index is 12.6. The molecular weight excluding hydrogens is 287 g/mol. The molecule has 2 rings (SSSR count). The summed E-state index contributed by atoms with van der Waals surface area (Å²) in [7, 11) is 0. The normalized spacial score (nSPS) is 39.4. The summed E-state index contributed by atoms with van der Waals surface area (Å²) < 4.78 is 37.7. The van der Waals surface area contributed by atoms with Gasteiger partial charge < -0.3 is 15.3 Å². The Hall–Kier alpha value is -0.370. The summed E-state index contributed by atoms with van der Waals surface area (Å²) in [4.78, 5) is 1.87. The highest BCUT2D eigenvalue weighted by atomic mass is 19.4. The second-order valence-electron chi connectivity index (χ2n) is 6.43. The lowest BCUT2D eigenvalue weighted by Gasteiger charge is -2.38. The minimum atomic E-state index is -4.07. The number of piperidine rings is 1. The van der Waals surface area contributed by atoms with Crippen LogP contribution in [0.5, 0.6) is 0 Å². The fraction of sp³-hybridized carbons (Fsp3) is 1.00. The number of nitrogens with zero attached hydrogens (tertiary/aromatic N) is 1. The summed E-state index contributed by atoms with van der Waals surface area (Å²) in [5.74, 6) is -0.868. The third-order valence-corrected chi connectivity index (χ3v) is 4.84. The fourth-order valence-electron chi connectivity index (χ4n) is 3.40. The molecule has 124 valence electrons. The van der Waals surface area contributed by atoms with Gasteiger partial charge in [0.15, 0.2) is 0 Å². The Bertz CT molecular complexity index is 320. The third-order valence-electron chi connectivity index (χ3n) is 4.84. The van der Waals surface area contributed by atoms with Gasteiger partial charge >= 0.3 is 6.18 Å². The number of hydrogen-bond acceptors (Lipinski definition) is 4. The number of aliphatic hydroxyl groups is 3. The second-order valence-corrected chi connectivity index (χ2v) is 6.43. The van der Waals surface area contributed by atoms with Crippen LogP contribution in [0.1, 0.15) is 32.1 Å². The van der Waals surface area contributed by atoms with E-state index >= 15 is 0 Å². The van der Waals surface area contributed by atoms with E-state index in [2.05, 4.69) is 0 Å². The zero-order valence-corrected chi connectivity index (χ0v) is 12.0. The van der Waals surface area contributed by atoms with Gasteiger partial charge in [0.2, 0.25) is 0 Å². The van der Waals surface area contributed by atoms with Crippen molar-refractivity contribution in [2.75, 3.05) is 19.6 Å². The van der Waals surface area contributed by atoms with E-state index in [0.29, 0.717) is 32.5 Å². The van der Waals surface area contributed by atoms with Crippen LogP contribution in [-0.4, -0.2) is 64.3 Å². The Morgan fingerprint density at radius 3 is 1.90 bits per heavy atom. The molecule has 21 heavy (non-hydrogen) atoms. The van der Waals surface area contributed by atoms with Gasteiger partial charge in [-0.1, -0.05) is 0 Å². The first kappa shape index (κ1) is 17.0. The van der Waals surface area contributed by atoms with Crippen molar-refractivity contribution < 1.29 is 28.5 Å². The van der Waals surface area contributed by atoms with Gasteiger partial charge in [0.05, 0.1) is 18.1 Å². The zero-order chi connectivity index (χ0) is 15.6. The number of β-amino-alcohol motifs (C(OH)–C–C–N with tert-alkyl or cyclic N) is 2. The van der Waals surface area contributed by atoms with Crippen LogP contribution in [0.3, 0.4) is 0 Å². The molecule has 7 heteroatoms. The predicted molar refractivity (Wildman–Crippen MR) is 70.6 cm³/mol. The van der Waals surface area contributed by atoms with Crippen molar-refractivity contribution in [2.24, 2.45) is 11.8 Å². The van der Waals surface area contributed by atoms with Gasteiger partial charge in [0.25, 0.3) is 0 Å². The van der Waals surface area contributed by atoms with E-state index in [-0.39, 0.29) is 18.8 Å². The van der Waals surface area contributed by atoms with E-state index in [4.69, 9.17) is 0 Å². The van der Waals surface area contributed by atoms with Crippen molar-refractivity contribution in [2.45, 2.75) is 56.6 Å². The summed E-state index contributed by atoms with van der Waals surface area (Å²) in [6.07, 6.45) is -4.73. The molecular formula is C14H24F3NO3. The molecule has 1 heterocycles. The fourth-order valence-corrected chi connectivity index (χ4v) is 3.40. The predicted octanol–water partition coefficient (Wildman–Crippen LogP) is 1.14. The maximum Gasteiger partial charge on any atom is 0.391 e. The highest BCUT2D eigenvalue weighted by Gasteiger charge is 2.41. The molecule has 1 saturated heterocycles. The van der Waals surface area contributed by atoms with Gasteiger partial charge in [-0.25, -0.2) is 0 Å². The summed E-state index contributed by atoms with van der Waals surface area (Å²) in [6, 6.07) is 0. The molecule has 0 spiro atoms. The van der Waals surface area contributed by atoms with Crippen molar-refractivity contribution in [1.29, 1.82) is 0 Å². The summed E-state index contributed by atoms with van der Waals surface area (Å²) in [6.45, 7) is 1.24. The maximum absolute atomic E-state index is 12.6. The van der Waals surface area contributed by atoms with Crippen LogP contribution in [0.25, 0.3) is 0 Å². The Balaban J connectivity index is 1.70. The zero-order valence-electron chi connectivity index (χ0n) is 12.0. The number of aliphatic hydroxyl groups excluding tert-OH is 3. The molecule has 1 aliphatic heterocycles. The van der Waals surface area contributed by atoms with Crippen LogP contribution >= 0.6 is 0 Å². The minimum Gasteiger partial charge on any atom is -0.389 e. The van der Waals surface area contributed by atoms with E-state index in [1.807, 2.05) is 4.90 Å². The van der Waals surface area contributed by atoms with Crippen molar-refractivity contribution >= 4 is 0 Å². The van der Waals surface area contributed by atoms with Crippen LogP contribution in [0.4, 0.5) is 13.2 Å². The summed E-state index contributed by atoms with van der Waals surface area (Å²) in [5.41, 5.74) is 0. The van der Waals surface area contributed by atoms with E-state index < -0.39 is 30.4 Å². The molecule has 2 aliphatic rings. The van der Waals surface area contributed by atoms with Gasteiger partial charge in [-0.15, -0.1) is 0 Å². The Morgan fingerprint density at radius 1 is 0.905 bits per heavy atom. The van der Waals surface area contributed by atoms with E-state index in [9.17, 15) is 28.5 Å². The monoisotopic (exact) mass is 311 g/mol. The highest BCUT2D eigenvalue weighted by Crippen LogP contribution is 2.40. The Labute approximate surface area is 122 Å². The molecule has 1 aliphatic carbocycles. The van der Waals surface area contributed by atoms with E-state index in [1.165, 1.54) is 0 Å². The minimum absolute atomic E-state index is 0.206. The van der Waals surface area contributed by atoms with Crippen molar-refractivity contribution in [3.8, 4) is 0 Å². The first-order chi connectivity index (χ1) is 9.77. The molecule has 0 aromatic heterocycles. The lowest BCUT2D eigenvalue weighted by molar-refractivity contribution is -0.184. The molecule has 4 nitrogen and oxygen atoms in total. The average Bonchev–Trinajstić information content (AvgIpc) is 2.42. The Kier molecular flexibility index (Phi) is 5.51. The SMILES string of the molecule is O[C@H]1[C@H](O)CN(CC[C@H]2CC[C@H](C(F)(F)F)CC2)C[C@@H]1O. The molecule has 0 aromatic rings. The van der Waals surface area contributed by atoms with Crippen LogP contribution < -0.4 is 0 Å². The smallest absolute Gasteiger partial charge is 0.389 e. The summed E-state index contributed by atoms with van der Waals surface area (Å²) >= 11 is 0. The molecule has 1 saturated carbocycles. The summed E-state index contributed by atoms with van der Waals surface area (Å²) in [5, 5.41) is 28.7. The number of halogens is 3. The average molecular weight is 311 g/mol. The second kappa shape index (κ2) is 6.81. The molecule has 3 N–H and O–H groups in total. The van der Waals surface area contributed by atoms with Crippen LogP contribution in [0.15, 0.2) is 0 Å². The lowest BCUT2D eigenvalue weighted by atomic mass is 9.80. The van der Waals surface area contributed by atoms with Crippen LogP contribution in [-0.2, 0) is 0 Å². The van der Waals surface area contributed by atoms with Crippen molar-refractivity contribution in [3.63, 3.8) is 0 Å². The first-order valence-electron chi connectivity index (χ1n) is 7.60. The molecule has 0 bridgehead atoms. The van der Waals surface area contributed by atoms with E-state index in [1.54, 1.807) is 0 Å². The van der Waals surface area contributed by atoms with Gasteiger partial charge in [-0.2, -0.15) is 13.2 Å². The number of rotatable bonds is 3. The molecule has 3 atom stereocenters. The molecule has 2 fully saturated rings. The third kappa shape index (κ3) is 4.55. The number of likely N-dealkylation sites (tertiary alicyclic amines) is 1. The topological polar surface area (TPSA) is 63.9 Å². The van der Waals surface area contributed by atoms with Gasteiger partial charge in [-0.3, -0.25) is 4.90 Å². The van der Waals surface area contributed by atoms with E-state index in [0.717, 1.165) is 6.42 Å². The van der Waals surface area contributed by atoms with Crippen LogP contribution in [0, 0.1) is 11.8 Å². The molecule has 0 unspecified atom stereocenters. The largest absolute Gasteiger partial charge is 0.391 e. The highest BCUT2D eigenvalue weighted by molar-refractivity contribution is 4.87. The lowest BCUT2D eigenvalue weighted by Crippen LogP contribution is -2.55. The van der Waals surface area contributed by atoms with Crippen molar-refractivity contribution in [1.82, 2.24) is 4.90 Å².